The molecule has 9 heteroatoms. The zero-order chi connectivity index (χ0) is 21.4. The summed E-state index contributed by atoms with van der Waals surface area (Å²) in [5.74, 6) is 1.42. The van der Waals surface area contributed by atoms with E-state index >= 15 is 0 Å². The fourth-order valence-corrected chi connectivity index (χ4v) is 3.87. The maximum absolute atomic E-state index is 12.6. The van der Waals surface area contributed by atoms with Gasteiger partial charge in [0.25, 0.3) is 0 Å². The van der Waals surface area contributed by atoms with Crippen molar-refractivity contribution < 1.29 is 9.53 Å². The number of anilines is 3. The number of nitrogen functional groups attached to an aromatic ring is 1. The SMILES string of the molecule is COC1CN(c2nc(C3=CCC(C(=O)Nc4ccccn4)C=C3)c3c(N)nccn23)C1. The number of nitrogens with two attached hydrogens (primary N) is 1. The van der Waals surface area contributed by atoms with Crippen LogP contribution in [0.4, 0.5) is 17.6 Å². The molecule has 1 fully saturated rings. The number of rotatable bonds is 5. The molecule has 1 aliphatic heterocycles. The Morgan fingerprint density at radius 2 is 2.13 bits per heavy atom. The molecule has 31 heavy (non-hydrogen) atoms. The van der Waals surface area contributed by atoms with Gasteiger partial charge >= 0.3 is 0 Å². The van der Waals surface area contributed by atoms with Gasteiger partial charge in [-0.2, -0.15) is 0 Å². The molecule has 4 heterocycles. The summed E-state index contributed by atoms with van der Waals surface area (Å²) < 4.78 is 7.36. The Hall–Kier alpha value is -3.72. The number of fused-ring (bicyclic) bond motifs is 1. The second-order valence-corrected chi connectivity index (χ2v) is 7.62. The van der Waals surface area contributed by atoms with Gasteiger partial charge in [-0.3, -0.25) is 9.20 Å². The number of allylic oxidation sites excluding steroid dienone is 3. The van der Waals surface area contributed by atoms with Crippen LogP contribution in [-0.4, -0.2) is 51.6 Å². The van der Waals surface area contributed by atoms with Gasteiger partial charge in [-0.05, 0) is 24.1 Å². The van der Waals surface area contributed by atoms with Crippen LogP contribution in [0.25, 0.3) is 11.1 Å². The number of carbonyl (C=O) groups is 1. The Morgan fingerprint density at radius 1 is 1.26 bits per heavy atom. The van der Waals surface area contributed by atoms with Crippen LogP contribution in [0.15, 0.2) is 55.0 Å². The maximum Gasteiger partial charge on any atom is 0.232 e. The van der Waals surface area contributed by atoms with Crippen LogP contribution in [0.2, 0.25) is 0 Å². The molecule has 0 spiro atoms. The zero-order valence-electron chi connectivity index (χ0n) is 17.1. The van der Waals surface area contributed by atoms with Gasteiger partial charge in [-0.1, -0.05) is 24.3 Å². The van der Waals surface area contributed by atoms with Gasteiger partial charge in [0.2, 0.25) is 11.9 Å². The topological polar surface area (TPSA) is 111 Å². The number of nitrogens with one attached hydrogen (secondary N) is 1. The van der Waals surface area contributed by atoms with Gasteiger partial charge in [0.15, 0.2) is 0 Å². The number of hydrogen-bond donors (Lipinski definition) is 2. The van der Waals surface area contributed by atoms with Crippen LogP contribution in [0.3, 0.4) is 0 Å². The first kappa shape index (κ1) is 19.3. The second kappa shape index (κ2) is 7.84. The Labute approximate surface area is 179 Å². The molecule has 3 aromatic heterocycles. The van der Waals surface area contributed by atoms with Gasteiger partial charge in [0.1, 0.15) is 22.8 Å². The smallest absolute Gasteiger partial charge is 0.232 e. The normalized spacial score (nSPS) is 18.7. The van der Waals surface area contributed by atoms with Crippen molar-refractivity contribution in [2.45, 2.75) is 12.5 Å². The number of nitrogens with zero attached hydrogens (tertiary/aromatic N) is 5. The van der Waals surface area contributed by atoms with Gasteiger partial charge in [0, 0.05) is 38.8 Å². The lowest BCUT2D eigenvalue weighted by atomic mass is 9.94. The zero-order valence-corrected chi connectivity index (χ0v) is 17.1. The quantitative estimate of drug-likeness (QED) is 0.654. The molecule has 0 saturated carbocycles. The number of pyridine rings is 1. The van der Waals surface area contributed by atoms with Crippen LogP contribution >= 0.6 is 0 Å². The molecule has 5 rings (SSSR count). The summed E-state index contributed by atoms with van der Waals surface area (Å²) in [5.41, 5.74) is 8.67. The van der Waals surface area contributed by atoms with E-state index in [9.17, 15) is 4.79 Å². The number of imidazole rings is 1. The largest absolute Gasteiger partial charge is 0.382 e. The third-order valence-corrected chi connectivity index (χ3v) is 5.65. The molecule has 1 aliphatic carbocycles. The fraction of sp³-hybridized carbons (Fsp3) is 0.273. The first-order valence-corrected chi connectivity index (χ1v) is 10.1. The Kier molecular flexibility index (Phi) is 4.87. The van der Waals surface area contributed by atoms with E-state index in [1.165, 1.54) is 0 Å². The molecular formula is C22H23N7O2. The molecule has 2 aliphatic rings. The summed E-state index contributed by atoms with van der Waals surface area (Å²) in [5, 5.41) is 2.85. The maximum atomic E-state index is 12.6. The molecule has 1 unspecified atom stereocenters. The highest BCUT2D eigenvalue weighted by Gasteiger charge is 2.31. The Bertz CT molecular complexity index is 1180. The Morgan fingerprint density at radius 3 is 2.84 bits per heavy atom. The lowest BCUT2D eigenvalue weighted by Crippen LogP contribution is -2.52. The highest BCUT2D eigenvalue weighted by Crippen LogP contribution is 2.33. The summed E-state index contributed by atoms with van der Waals surface area (Å²) in [7, 11) is 1.72. The van der Waals surface area contributed by atoms with Gasteiger partial charge < -0.3 is 20.7 Å². The monoisotopic (exact) mass is 417 g/mol. The lowest BCUT2D eigenvalue weighted by Gasteiger charge is -2.38. The molecule has 0 aromatic carbocycles. The average Bonchev–Trinajstić information content (AvgIpc) is 3.14. The van der Waals surface area contributed by atoms with Crippen molar-refractivity contribution >= 4 is 34.6 Å². The van der Waals surface area contributed by atoms with E-state index in [-0.39, 0.29) is 17.9 Å². The molecule has 158 valence electrons. The highest BCUT2D eigenvalue weighted by molar-refractivity contribution is 5.95. The molecule has 1 saturated heterocycles. The summed E-state index contributed by atoms with van der Waals surface area (Å²) in [6, 6.07) is 5.42. The Balaban J connectivity index is 1.39. The van der Waals surface area contributed by atoms with Crippen LogP contribution in [0, 0.1) is 5.92 Å². The van der Waals surface area contributed by atoms with Gasteiger partial charge in [-0.25, -0.2) is 15.0 Å². The predicted octanol–water partition coefficient (Wildman–Crippen LogP) is 2.14. The average molecular weight is 417 g/mol. The third kappa shape index (κ3) is 3.53. The summed E-state index contributed by atoms with van der Waals surface area (Å²) >= 11 is 0. The van der Waals surface area contributed by atoms with Crippen molar-refractivity contribution in [2.75, 3.05) is 36.1 Å². The highest BCUT2D eigenvalue weighted by atomic mass is 16.5. The van der Waals surface area contributed by atoms with Crippen molar-refractivity contribution in [3.05, 3.63) is 60.7 Å². The van der Waals surface area contributed by atoms with Crippen molar-refractivity contribution in [1.82, 2.24) is 19.4 Å². The molecule has 3 aromatic rings. The van der Waals surface area contributed by atoms with E-state index in [0.717, 1.165) is 35.8 Å². The van der Waals surface area contributed by atoms with Crippen molar-refractivity contribution in [3.63, 3.8) is 0 Å². The fourth-order valence-electron chi connectivity index (χ4n) is 3.87. The van der Waals surface area contributed by atoms with Crippen molar-refractivity contribution in [3.8, 4) is 0 Å². The second-order valence-electron chi connectivity index (χ2n) is 7.62. The van der Waals surface area contributed by atoms with Gasteiger partial charge in [-0.15, -0.1) is 0 Å². The summed E-state index contributed by atoms with van der Waals surface area (Å²) in [4.78, 5) is 28.0. The molecule has 0 bridgehead atoms. The van der Waals surface area contributed by atoms with E-state index in [2.05, 4.69) is 20.2 Å². The minimum atomic E-state index is -0.271. The van der Waals surface area contributed by atoms with Crippen LogP contribution in [0.5, 0.6) is 0 Å². The van der Waals surface area contributed by atoms with E-state index in [1.54, 1.807) is 25.6 Å². The molecule has 0 radical (unpaired) electrons. The first-order valence-electron chi connectivity index (χ1n) is 10.1. The molecule has 1 amide bonds. The lowest BCUT2D eigenvalue weighted by molar-refractivity contribution is -0.118. The number of ether oxygens (including phenoxy) is 1. The van der Waals surface area contributed by atoms with Crippen LogP contribution in [0.1, 0.15) is 12.1 Å². The van der Waals surface area contributed by atoms with Crippen molar-refractivity contribution in [1.29, 1.82) is 0 Å². The van der Waals surface area contributed by atoms with Crippen molar-refractivity contribution in [2.24, 2.45) is 5.92 Å². The minimum Gasteiger partial charge on any atom is -0.382 e. The molecule has 3 N–H and O–H groups in total. The standard InChI is InChI=1S/C22H23N7O2/c1-31-16-12-28(13-16)22-27-18(19-20(23)25-10-11-29(19)22)14-5-7-15(8-6-14)21(30)26-17-4-2-3-9-24-17/h2-7,9-11,15-16H,8,12-13H2,1H3,(H2,23,25)(H,24,26,30). The molecular weight excluding hydrogens is 394 g/mol. The number of carbonyl (C=O) groups excluding carboxylic acids is 1. The number of hydrogen-bond acceptors (Lipinski definition) is 7. The van der Waals surface area contributed by atoms with E-state index in [0.29, 0.717) is 18.1 Å². The van der Waals surface area contributed by atoms with Crippen LogP contribution in [-0.2, 0) is 9.53 Å². The summed E-state index contributed by atoms with van der Waals surface area (Å²) in [6.07, 6.45) is 11.8. The number of amides is 1. The predicted molar refractivity (Wildman–Crippen MR) is 119 cm³/mol. The molecule has 1 atom stereocenters. The third-order valence-electron chi connectivity index (χ3n) is 5.65. The van der Waals surface area contributed by atoms with E-state index in [1.807, 2.05) is 41.0 Å². The first-order chi connectivity index (χ1) is 15.1. The van der Waals surface area contributed by atoms with Crippen LogP contribution < -0.4 is 16.0 Å². The minimum absolute atomic E-state index is 0.0898. The number of methoxy groups -OCH3 is 1. The molecule has 9 nitrogen and oxygen atoms in total. The summed E-state index contributed by atoms with van der Waals surface area (Å²) in [6.45, 7) is 1.56. The van der Waals surface area contributed by atoms with E-state index in [4.69, 9.17) is 15.5 Å². The van der Waals surface area contributed by atoms with Gasteiger partial charge in [0.05, 0.1) is 12.0 Å². The van der Waals surface area contributed by atoms with E-state index < -0.39 is 0 Å². The number of aromatic nitrogens is 4.